The van der Waals surface area contributed by atoms with Crippen LogP contribution in [-0.2, 0) is 7.05 Å². The van der Waals surface area contributed by atoms with E-state index in [0.29, 0.717) is 34.8 Å². The number of hydrogen-bond acceptors (Lipinski definition) is 7. The van der Waals surface area contributed by atoms with E-state index in [4.69, 9.17) is 16.3 Å². The lowest BCUT2D eigenvalue weighted by Gasteiger charge is -2.36. The van der Waals surface area contributed by atoms with Gasteiger partial charge in [-0.3, -0.25) is 0 Å². The summed E-state index contributed by atoms with van der Waals surface area (Å²) in [5, 5.41) is 8.24. The summed E-state index contributed by atoms with van der Waals surface area (Å²) in [6.45, 7) is 2.71. The molecule has 0 amide bonds. The zero-order chi connectivity index (χ0) is 20.1. The van der Waals surface area contributed by atoms with Crippen molar-refractivity contribution in [1.82, 2.24) is 24.7 Å². The topological polar surface area (TPSA) is 81.0 Å². The van der Waals surface area contributed by atoms with Crippen LogP contribution in [0.15, 0.2) is 30.6 Å². The molecule has 0 radical (unpaired) electrons. The summed E-state index contributed by atoms with van der Waals surface area (Å²) in [5.41, 5.74) is 0.775. The summed E-state index contributed by atoms with van der Waals surface area (Å²) in [6.07, 6.45) is 2.56. The van der Waals surface area contributed by atoms with E-state index < -0.39 is 0 Å². The molecule has 3 aromatic rings. The predicted octanol–water partition coefficient (Wildman–Crippen LogP) is 3.19. The van der Waals surface area contributed by atoms with Gasteiger partial charge in [0.2, 0.25) is 5.95 Å². The molecule has 1 N–H and O–H groups in total. The van der Waals surface area contributed by atoms with Crippen LogP contribution in [0.4, 0.5) is 16.2 Å². The maximum atomic E-state index is 13.6. The van der Waals surface area contributed by atoms with Crippen molar-refractivity contribution in [3.05, 3.63) is 47.1 Å². The molecule has 6 rings (SSSR count). The van der Waals surface area contributed by atoms with Crippen molar-refractivity contribution in [1.29, 1.82) is 0 Å². The first kappa shape index (κ1) is 18.1. The Kier molecular flexibility index (Phi) is 4.27. The normalized spacial score (nSPS) is 22.5. The molecule has 4 heterocycles. The van der Waals surface area contributed by atoms with Gasteiger partial charge in [-0.15, -0.1) is 5.10 Å². The Bertz CT molecular complexity index is 1050. The van der Waals surface area contributed by atoms with E-state index in [9.17, 15) is 4.39 Å². The van der Waals surface area contributed by atoms with Gasteiger partial charge < -0.3 is 15.0 Å². The Morgan fingerprint density at radius 3 is 2.90 bits per heavy atom. The molecule has 150 valence electrons. The molecule has 1 aliphatic carbocycles. The van der Waals surface area contributed by atoms with Gasteiger partial charge in [0, 0.05) is 31.6 Å². The maximum absolute atomic E-state index is 13.6. The van der Waals surface area contributed by atoms with Crippen molar-refractivity contribution in [2.45, 2.75) is 25.4 Å². The van der Waals surface area contributed by atoms with Crippen LogP contribution in [0.5, 0.6) is 11.8 Å². The molecule has 10 heteroatoms. The van der Waals surface area contributed by atoms with Crippen LogP contribution in [0, 0.1) is 18.7 Å². The Labute approximate surface area is 171 Å². The smallest absolute Gasteiger partial charge is 0.321 e. The summed E-state index contributed by atoms with van der Waals surface area (Å²) in [7, 11) is 1.74. The number of benzene rings is 1. The molecular weight excluding hydrogens is 397 g/mol. The van der Waals surface area contributed by atoms with Gasteiger partial charge in [-0.25, -0.2) is 19.0 Å². The second kappa shape index (κ2) is 6.84. The number of nitrogens with one attached hydrogen (secondary N) is 1. The van der Waals surface area contributed by atoms with E-state index >= 15 is 0 Å². The van der Waals surface area contributed by atoms with Gasteiger partial charge in [0.15, 0.2) is 0 Å². The van der Waals surface area contributed by atoms with Crippen LogP contribution in [0.3, 0.4) is 0 Å². The minimum absolute atomic E-state index is 0.218. The molecule has 1 aromatic carbocycles. The van der Waals surface area contributed by atoms with Crippen molar-refractivity contribution >= 4 is 23.4 Å². The number of fused-ring (bicyclic) bond motifs is 1. The van der Waals surface area contributed by atoms with E-state index in [1.54, 1.807) is 19.2 Å². The summed E-state index contributed by atoms with van der Waals surface area (Å²) in [5.74, 6) is 1.84. The fourth-order valence-electron chi connectivity index (χ4n) is 4.11. The first-order chi connectivity index (χ1) is 14.0. The minimum Gasteiger partial charge on any atom is -0.424 e. The molecule has 3 aliphatic rings. The van der Waals surface area contributed by atoms with Gasteiger partial charge in [0.1, 0.15) is 28.9 Å². The molecule has 2 bridgehead atoms. The predicted molar refractivity (Wildman–Crippen MR) is 106 cm³/mol. The minimum atomic E-state index is -0.350. The lowest BCUT2D eigenvalue weighted by molar-refractivity contribution is 0.332. The molecule has 1 saturated carbocycles. The zero-order valence-corrected chi connectivity index (χ0v) is 16.6. The van der Waals surface area contributed by atoms with Gasteiger partial charge >= 0.3 is 6.01 Å². The van der Waals surface area contributed by atoms with Crippen LogP contribution < -0.4 is 15.0 Å². The fraction of sp³-hybridized carbons (Fsp3) is 0.368. The highest BCUT2D eigenvalue weighted by molar-refractivity contribution is 6.29. The molecule has 2 saturated heterocycles. The van der Waals surface area contributed by atoms with Gasteiger partial charge in [0.25, 0.3) is 0 Å². The molecule has 3 atom stereocenters. The van der Waals surface area contributed by atoms with Crippen molar-refractivity contribution in [2.24, 2.45) is 13.0 Å². The molecule has 3 fully saturated rings. The quantitative estimate of drug-likeness (QED) is 0.641. The average molecular weight is 416 g/mol. The monoisotopic (exact) mass is 415 g/mol. The number of ether oxygens (including phenoxy) is 1. The fourth-order valence-corrected chi connectivity index (χ4v) is 4.26. The van der Waals surface area contributed by atoms with Gasteiger partial charge in [-0.1, -0.05) is 11.6 Å². The third-order valence-corrected chi connectivity index (χ3v) is 5.66. The standard InChI is InChI=1S/C19H19ClFN7O/c1-10-3-12(21)6-13(4-10)29-19-25-18(26-27(19)2)24-17-11-5-14(17)28(8-11)16-7-15(20)22-9-23-16/h3-4,6-7,9,11,14,17H,5,8H2,1-2H3,(H,24,26). The van der Waals surface area contributed by atoms with Crippen LogP contribution in [0.1, 0.15) is 12.0 Å². The van der Waals surface area contributed by atoms with Crippen molar-refractivity contribution in [3.63, 3.8) is 0 Å². The van der Waals surface area contributed by atoms with Gasteiger partial charge in [0.05, 0.1) is 12.1 Å². The van der Waals surface area contributed by atoms with E-state index in [2.05, 4.69) is 30.3 Å². The molecule has 2 aromatic heterocycles. The number of anilines is 2. The Hall–Kier alpha value is -2.94. The molecule has 8 nitrogen and oxygen atoms in total. The molecular formula is C19H19ClFN7O. The summed E-state index contributed by atoms with van der Waals surface area (Å²) in [6, 6.07) is 7.11. The van der Waals surface area contributed by atoms with E-state index in [1.807, 2.05) is 6.92 Å². The Morgan fingerprint density at radius 1 is 1.24 bits per heavy atom. The number of aromatic nitrogens is 5. The van der Waals surface area contributed by atoms with Gasteiger partial charge in [-0.2, -0.15) is 4.98 Å². The van der Waals surface area contributed by atoms with Gasteiger partial charge in [-0.05, 0) is 31.0 Å². The highest BCUT2D eigenvalue weighted by Gasteiger charge is 2.53. The second-order valence-electron chi connectivity index (χ2n) is 7.49. The summed E-state index contributed by atoms with van der Waals surface area (Å²) >= 11 is 6.00. The third-order valence-electron chi connectivity index (χ3n) is 5.46. The second-order valence-corrected chi connectivity index (χ2v) is 7.88. The molecule has 29 heavy (non-hydrogen) atoms. The Balaban J connectivity index is 1.29. The lowest BCUT2D eigenvalue weighted by Crippen LogP contribution is -2.49. The number of nitrogens with zero attached hydrogens (tertiary/aromatic N) is 6. The Morgan fingerprint density at radius 2 is 2.10 bits per heavy atom. The van der Waals surface area contributed by atoms with E-state index in [1.165, 1.54) is 23.1 Å². The lowest BCUT2D eigenvalue weighted by atomic mass is 9.80. The maximum Gasteiger partial charge on any atom is 0.321 e. The molecule has 3 unspecified atom stereocenters. The largest absolute Gasteiger partial charge is 0.424 e. The van der Waals surface area contributed by atoms with Crippen LogP contribution >= 0.6 is 11.6 Å². The third kappa shape index (κ3) is 3.35. The number of rotatable bonds is 5. The van der Waals surface area contributed by atoms with Crippen molar-refractivity contribution in [3.8, 4) is 11.8 Å². The highest BCUT2D eigenvalue weighted by Crippen LogP contribution is 2.44. The van der Waals surface area contributed by atoms with Crippen LogP contribution in [-0.4, -0.2) is 43.4 Å². The number of hydrogen-bond donors (Lipinski definition) is 1. The summed E-state index contributed by atoms with van der Waals surface area (Å²) in [4.78, 5) is 14.9. The van der Waals surface area contributed by atoms with Crippen LogP contribution in [0.25, 0.3) is 0 Å². The van der Waals surface area contributed by atoms with Crippen molar-refractivity contribution in [2.75, 3.05) is 16.8 Å². The van der Waals surface area contributed by atoms with E-state index in [0.717, 1.165) is 24.3 Å². The SMILES string of the molecule is Cc1cc(F)cc(Oc2nc(NC3C4CC3N(c3cc(Cl)ncn3)C4)nn2C)c1. The number of halogens is 2. The first-order valence-electron chi connectivity index (χ1n) is 9.33. The molecule has 2 aliphatic heterocycles. The van der Waals surface area contributed by atoms with Crippen LogP contribution in [0.2, 0.25) is 5.15 Å². The highest BCUT2D eigenvalue weighted by atomic mass is 35.5. The summed E-state index contributed by atoms with van der Waals surface area (Å²) < 4.78 is 20.9. The first-order valence-corrected chi connectivity index (χ1v) is 9.71. The van der Waals surface area contributed by atoms with E-state index in [-0.39, 0.29) is 11.9 Å². The molecule has 0 spiro atoms. The number of aryl methyl sites for hydroxylation is 2. The van der Waals surface area contributed by atoms with Crippen molar-refractivity contribution < 1.29 is 9.13 Å². The zero-order valence-electron chi connectivity index (χ0n) is 15.9. The average Bonchev–Trinajstić information content (AvgIpc) is 3.33.